The summed E-state index contributed by atoms with van der Waals surface area (Å²) in [6.07, 6.45) is 2.36. The lowest BCUT2D eigenvalue weighted by Gasteiger charge is -2.32. The van der Waals surface area contributed by atoms with Crippen molar-refractivity contribution in [1.29, 1.82) is 0 Å². The molecule has 2 aromatic heterocycles. The zero-order chi connectivity index (χ0) is 26.0. The van der Waals surface area contributed by atoms with Crippen LogP contribution in [0.1, 0.15) is 55.3 Å². The molecule has 1 atom stereocenters. The van der Waals surface area contributed by atoms with E-state index in [1.165, 1.54) is 18.0 Å². The van der Waals surface area contributed by atoms with Crippen LogP contribution in [-0.2, 0) is 19.0 Å². The topological polar surface area (TPSA) is 103 Å². The highest BCUT2D eigenvalue weighted by molar-refractivity contribution is 5.75. The van der Waals surface area contributed by atoms with Gasteiger partial charge in [-0.1, -0.05) is 31.4 Å². The third-order valence-electron chi connectivity index (χ3n) is 7.22. The third kappa shape index (κ3) is 5.86. The molecule has 3 aromatic rings. The summed E-state index contributed by atoms with van der Waals surface area (Å²) < 4.78 is 40.4. The lowest BCUT2D eigenvalue weighted by atomic mass is 9.85. The van der Waals surface area contributed by atoms with E-state index in [9.17, 15) is 23.4 Å². The van der Waals surface area contributed by atoms with Crippen LogP contribution in [0.5, 0.6) is 0 Å². The maximum Gasteiger partial charge on any atom is 0.433 e. The number of alkyl halides is 3. The van der Waals surface area contributed by atoms with Gasteiger partial charge in [0.25, 0.3) is 0 Å². The monoisotopic (exact) mass is 513 g/mol. The first-order valence-electron chi connectivity index (χ1n) is 12.6. The van der Waals surface area contributed by atoms with Crippen molar-refractivity contribution >= 4 is 17.3 Å². The molecule has 2 aliphatic carbocycles. The molecule has 1 saturated carbocycles. The fraction of sp³-hybridized carbons (Fsp3) is 0.444. The molecular weight excluding hydrogens is 483 g/mol. The second kappa shape index (κ2) is 10.3. The van der Waals surface area contributed by atoms with Crippen molar-refractivity contribution in [3.05, 3.63) is 59.5 Å². The molecule has 0 aliphatic heterocycles. The van der Waals surface area contributed by atoms with Gasteiger partial charge < -0.3 is 20.8 Å². The van der Waals surface area contributed by atoms with E-state index in [0.29, 0.717) is 36.3 Å². The highest BCUT2D eigenvalue weighted by atomic mass is 19.4. The Hall–Kier alpha value is -3.24. The summed E-state index contributed by atoms with van der Waals surface area (Å²) >= 11 is 0. The Morgan fingerprint density at radius 3 is 2.65 bits per heavy atom. The molecule has 0 amide bonds. The second-order valence-corrected chi connectivity index (χ2v) is 9.98. The molecule has 0 radical (unpaired) electrons. The Bertz CT molecular complexity index is 1260. The Balaban J connectivity index is 1.45. The number of aromatic nitrogens is 3. The van der Waals surface area contributed by atoms with Crippen molar-refractivity contribution < 1.29 is 23.4 Å². The van der Waals surface area contributed by atoms with Crippen LogP contribution in [0.3, 0.4) is 0 Å². The van der Waals surface area contributed by atoms with E-state index < -0.39 is 23.6 Å². The van der Waals surface area contributed by atoms with Gasteiger partial charge in [-0.2, -0.15) is 13.2 Å². The van der Waals surface area contributed by atoms with Crippen LogP contribution < -0.4 is 10.6 Å². The number of pyridine rings is 1. The second-order valence-electron chi connectivity index (χ2n) is 9.98. The molecule has 2 aliphatic rings. The van der Waals surface area contributed by atoms with Crippen LogP contribution in [-0.4, -0.2) is 43.4 Å². The highest BCUT2D eigenvalue weighted by Gasteiger charge is 2.34. The van der Waals surface area contributed by atoms with Crippen LogP contribution >= 0.6 is 0 Å². The Labute approximate surface area is 213 Å². The number of aryl methyl sites for hydroxylation is 1. The molecule has 4 N–H and O–H groups in total. The molecule has 37 heavy (non-hydrogen) atoms. The van der Waals surface area contributed by atoms with Gasteiger partial charge in [0.05, 0.1) is 17.4 Å². The van der Waals surface area contributed by atoms with Gasteiger partial charge in [-0.05, 0) is 55.0 Å². The first-order valence-corrected chi connectivity index (χ1v) is 12.6. The molecule has 1 unspecified atom stereocenters. The van der Waals surface area contributed by atoms with Gasteiger partial charge in [-0.15, -0.1) is 0 Å². The van der Waals surface area contributed by atoms with Gasteiger partial charge in [-0.3, -0.25) is 0 Å². The zero-order valence-electron chi connectivity index (χ0n) is 20.4. The summed E-state index contributed by atoms with van der Waals surface area (Å²) in [6, 6.07) is 9.83. The van der Waals surface area contributed by atoms with Crippen molar-refractivity contribution in [2.75, 3.05) is 17.2 Å². The first kappa shape index (κ1) is 25.4. The summed E-state index contributed by atoms with van der Waals surface area (Å²) in [6.45, 7) is 0.100. The zero-order valence-corrected chi connectivity index (χ0v) is 20.4. The van der Waals surface area contributed by atoms with Gasteiger partial charge in [0.2, 0.25) is 0 Å². The van der Waals surface area contributed by atoms with Gasteiger partial charge in [-0.25, -0.2) is 15.0 Å². The van der Waals surface area contributed by atoms with Gasteiger partial charge in [0.1, 0.15) is 23.7 Å². The summed E-state index contributed by atoms with van der Waals surface area (Å²) in [4.78, 5) is 12.5. The average molecular weight is 514 g/mol. The number of aliphatic hydroxyl groups is 2. The van der Waals surface area contributed by atoms with E-state index >= 15 is 0 Å². The number of nitrogens with one attached hydrogen (secondary N) is 2. The largest absolute Gasteiger partial charge is 0.433 e. The number of hydrogen-bond donors (Lipinski definition) is 4. The lowest BCUT2D eigenvalue weighted by molar-refractivity contribution is -0.141. The highest BCUT2D eigenvalue weighted by Crippen LogP contribution is 2.35. The summed E-state index contributed by atoms with van der Waals surface area (Å²) in [5.41, 5.74) is 1.79. The summed E-state index contributed by atoms with van der Waals surface area (Å²) in [7, 11) is 0. The number of nitrogens with zero attached hydrogens (tertiary/aromatic N) is 3. The Kier molecular flexibility index (Phi) is 7.04. The van der Waals surface area contributed by atoms with Crippen LogP contribution in [0.25, 0.3) is 11.3 Å². The SMILES string of the molecule is OC1CCc2cccc(Nc3cc(-c4ccc(C(F)(F)F)nc4NCC4(O)CCCCC4)ncn3)c2C1. The van der Waals surface area contributed by atoms with Gasteiger partial charge >= 0.3 is 6.18 Å². The third-order valence-corrected chi connectivity index (χ3v) is 7.22. The van der Waals surface area contributed by atoms with E-state index in [2.05, 4.69) is 25.6 Å². The number of anilines is 3. The normalized spacial score (nSPS) is 19.2. The fourth-order valence-corrected chi connectivity index (χ4v) is 5.19. The van der Waals surface area contributed by atoms with Crippen molar-refractivity contribution in [2.45, 2.75) is 69.2 Å². The van der Waals surface area contributed by atoms with Crippen LogP contribution in [0.2, 0.25) is 0 Å². The Morgan fingerprint density at radius 2 is 1.86 bits per heavy atom. The van der Waals surface area contributed by atoms with Gasteiger partial charge in [0, 0.05) is 30.3 Å². The number of rotatable bonds is 6. The van der Waals surface area contributed by atoms with E-state index in [1.54, 1.807) is 6.07 Å². The predicted molar refractivity (Wildman–Crippen MR) is 135 cm³/mol. The first-order chi connectivity index (χ1) is 17.7. The van der Waals surface area contributed by atoms with E-state index in [-0.39, 0.29) is 12.4 Å². The van der Waals surface area contributed by atoms with Crippen LogP contribution in [0.15, 0.2) is 42.7 Å². The quantitative estimate of drug-likeness (QED) is 0.357. The number of fused-ring (bicyclic) bond motifs is 1. The minimum Gasteiger partial charge on any atom is -0.393 e. The number of aliphatic hydroxyl groups excluding tert-OH is 1. The number of hydrogen-bond acceptors (Lipinski definition) is 7. The fourth-order valence-electron chi connectivity index (χ4n) is 5.19. The molecule has 5 rings (SSSR count). The van der Waals surface area contributed by atoms with Crippen molar-refractivity contribution in [3.8, 4) is 11.3 Å². The molecule has 7 nitrogen and oxygen atoms in total. The molecular formula is C27H30F3N5O2. The van der Waals surface area contributed by atoms with Gasteiger partial charge in [0.15, 0.2) is 0 Å². The summed E-state index contributed by atoms with van der Waals surface area (Å²) in [5.74, 6) is 0.480. The van der Waals surface area contributed by atoms with Crippen molar-refractivity contribution in [2.24, 2.45) is 0 Å². The van der Waals surface area contributed by atoms with Crippen molar-refractivity contribution in [3.63, 3.8) is 0 Å². The van der Waals surface area contributed by atoms with E-state index in [0.717, 1.165) is 49.4 Å². The summed E-state index contributed by atoms with van der Waals surface area (Å²) in [5, 5.41) is 27.3. The maximum absolute atomic E-state index is 13.5. The standard InChI is InChI=1S/C27H30F3N5O2/c28-27(29,30)23-10-9-19(25(35-23)31-15-26(37)11-2-1-3-12-26)22-14-24(33-16-32-22)34-21-6-4-5-17-7-8-18(36)13-20(17)21/h4-6,9-10,14,16,18,36-37H,1-3,7-8,11-13,15H2,(H,31,35)(H,32,33,34). The average Bonchev–Trinajstić information content (AvgIpc) is 2.88. The molecule has 10 heteroatoms. The Morgan fingerprint density at radius 1 is 1.05 bits per heavy atom. The predicted octanol–water partition coefficient (Wildman–Crippen LogP) is 5.26. The number of halogens is 3. The lowest BCUT2D eigenvalue weighted by Crippen LogP contribution is -2.39. The molecule has 1 fully saturated rings. The minimum absolute atomic E-state index is 0.0127. The molecule has 2 heterocycles. The molecule has 1 aromatic carbocycles. The molecule has 0 bridgehead atoms. The smallest absolute Gasteiger partial charge is 0.393 e. The number of benzene rings is 1. The van der Waals surface area contributed by atoms with Crippen LogP contribution in [0.4, 0.5) is 30.5 Å². The van der Waals surface area contributed by atoms with E-state index in [1.807, 2.05) is 18.2 Å². The molecule has 0 spiro atoms. The van der Waals surface area contributed by atoms with E-state index in [4.69, 9.17) is 0 Å². The molecule has 196 valence electrons. The molecule has 0 saturated heterocycles. The van der Waals surface area contributed by atoms with Crippen molar-refractivity contribution in [1.82, 2.24) is 15.0 Å². The van der Waals surface area contributed by atoms with Crippen LogP contribution in [0, 0.1) is 0 Å². The maximum atomic E-state index is 13.5. The minimum atomic E-state index is -4.61.